The quantitative estimate of drug-likeness (QED) is 0.568. The van der Waals surface area contributed by atoms with Crippen LogP contribution in [0.5, 0.6) is 0 Å². The molecule has 2 N–H and O–H groups in total. The third kappa shape index (κ3) is 3.10. The molecule has 1 heterocycles. The van der Waals surface area contributed by atoms with Crippen LogP contribution in [0.25, 0.3) is 11.0 Å². The van der Waals surface area contributed by atoms with E-state index in [1.54, 1.807) is 0 Å². The molecule has 24 heavy (non-hydrogen) atoms. The zero-order valence-corrected chi connectivity index (χ0v) is 13.2. The Balaban J connectivity index is 1.76. The Morgan fingerprint density at radius 3 is 2.62 bits per heavy atom. The number of aromatic nitrogens is 2. The molecule has 122 valence electrons. The molecule has 2 aromatic carbocycles. The first-order chi connectivity index (χ1) is 11.4. The molecule has 1 atom stereocenters. The van der Waals surface area contributed by atoms with Gasteiger partial charge in [0.1, 0.15) is 5.82 Å². The number of nitro benzene ring substituents is 1. The topological polar surface area (TPSA) is 101 Å². The van der Waals surface area contributed by atoms with Gasteiger partial charge in [-0.25, -0.2) is 4.98 Å². The number of nitro groups is 1. The van der Waals surface area contributed by atoms with E-state index in [4.69, 9.17) is 0 Å². The second kappa shape index (κ2) is 6.11. The van der Waals surface area contributed by atoms with Crippen molar-refractivity contribution < 1.29 is 9.72 Å². The summed E-state index contributed by atoms with van der Waals surface area (Å²) in [5.74, 6) is 0.347. The maximum absolute atomic E-state index is 12.3. The minimum atomic E-state index is -0.499. The molecule has 0 aliphatic rings. The number of carbonyl (C=O) groups excluding carboxylic acids is 1. The Labute approximate surface area is 137 Å². The highest BCUT2D eigenvalue weighted by Gasteiger charge is 2.16. The number of imidazole rings is 1. The summed E-state index contributed by atoms with van der Waals surface area (Å²) in [6.07, 6.45) is 0. The van der Waals surface area contributed by atoms with Crippen molar-refractivity contribution in [3.8, 4) is 0 Å². The van der Waals surface area contributed by atoms with E-state index in [1.165, 1.54) is 24.3 Å². The van der Waals surface area contributed by atoms with Crippen molar-refractivity contribution in [3.63, 3.8) is 0 Å². The molecule has 3 rings (SSSR count). The second-order valence-corrected chi connectivity index (χ2v) is 5.64. The van der Waals surface area contributed by atoms with E-state index in [1.807, 2.05) is 32.0 Å². The fraction of sp³-hybridized carbons (Fsp3) is 0.176. The zero-order valence-electron chi connectivity index (χ0n) is 13.2. The summed E-state index contributed by atoms with van der Waals surface area (Å²) in [4.78, 5) is 30.1. The first-order valence-corrected chi connectivity index (χ1v) is 7.45. The number of benzene rings is 2. The van der Waals surface area contributed by atoms with Crippen LogP contribution in [0.1, 0.15) is 34.7 Å². The van der Waals surface area contributed by atoms with E-state index >= 15 is 0 Å². The van der Waals surface area contributed by atoms with Crippen LogP contribution in [0.2, 0.25) is 0 Å². The molecule has 7 nitrogen and oxygen atoms in total. The van der Waals surface area contributed by atoms with Crippen LogP contribution in [-0.4, -0.2) is 20.8 Å². The maximum atomic E-state index is 12.3. The second-order valence-electron chi connectivity index (χ2n) is 5.64. The average Bonchev–Trinajstić information content (AvgIpc) is 2.98. The summed E-state index contributed by atoms with van der Waals surface area (Å²) >= 11 is 0. The van der Waals surface area contributed by atoms with Gasteiger partial charge in [0.2, 0.25) is 0 Å². The molecule has 0 fully saturated rings. The molecule has 0 bridgehead atoms. The van der Waals surface area contributed by atoms with Crippen molar-refractivity contribution >= 4 is 22.6 Å². The van der Waals surface area contributed by atoms with Crippen LogP contribution in [0.15, 0.2) is 42.5 Å². The van der Waals surface area contributed by atoms with Gasteiger partial charge in [0.15, 0.2) is 0 Å². The molecule has 1 unspecified atom stereocenters. The van der Waals surface area contributed by atoms with Gasteiger partial charge in [-0.1, -0.05) is 6.07 Å². The molecule has 1 amide bonds. The van der Waals surface area contributed by atoms with E-state index in [2.05, 4.69) is 15.3 Å². The average molecular weight is 324 g/mol. The number of hydrogen-bond acceptors (Lipinski definition) is 4. The highest BCUT2D eigenvalue weighted by molar-refractivity contribution is 5.94. The van der Waals surface area contributed by atoms with Crippen molar-refractivity contribution in [1.82, 2.24) is 15.3 Å². The van der Waals surface area contributed by atoms with Crippen LogP contribution >= 0.6 is 0 Å². The van der Waals surface area contributed by atoms with Gasteiger partial charge in [-0.05, 0) is 43.7 Å². The van der Waals surface area contributed by atoms with Crippen LogP contribution in [0.3, 0.4) is 0 Å². The molecule has 3 aromatic rings. The highest BCUT2D eigenvalue weighted by atomic mass is 16.6. The predicted molar refractivity (Wildman–Crippen MR) is 89.8 cm³/mol. The Hall–Kier alpha value is -3.22. The smallest absolute Gasteiger partial charge is 0.269 e. The van der Waals surface area contributed by atoms with Crippen molar-refractivity contribution in [2.24, 2.45) is 0 Å². The van der Waals surface area contributed by atoms with E-state index in [-0.39, 0.29) is 17.6 Å². The first-order valence-electron chi connectivity index (χ1n) is 7.45. The Bertz CT molecular complexity index is 915. The lowest BCUT2D eigenvalue weighted by molar-refractivity contribution is -0.384. The largest absolute Gasteiger partial charge is 0.342 e. The third-order valence-corrected chi connectivity index (χ3v) is 3.75. The standard InChI is InChI=1S/C17H16N4O3/c1-10-3-8-14-15(9-10)20-16(19-14)11(2)18-17(22)12-4-6-13(7-5-12)21(23)24/h3-9,11H,1-2H3,(H,18,22)(H,19,20). The monoisotopic (exact) mass is 324 g/mol. The number of non-ortho nitro benzene ring substituents is 1. The SMILES string of the molecule is Cc1ccc2nc(C(C)NC(=O)c3ccc([N+](=O)[O-])cc3)[nH]c2c1. The summed E-state index contributed by atoms with van der Waals surface area (Å²) in [5, 5.41) is 13.5. The third-order valence-electron chi connectivity index (χ3n) is 3.75. The summed E-state index contributed by atoms with van der Waals surface area (Å²) in [7, 11) is 0. The normalized spacial score (nSPS) is 12.1. The van der Waals surface area contributed by atoms with Gasteiger partial charge in [-0.2, -0.15) is 0 Å². The number of nitrogens with one attached hydrogen (secondary N) is 2. The minimum absolute atomic E-state index is 0.0488. The number of H-pyrrole nitrogens is 1. The molecule has 0 aliphatic heterocycles. The van der Waals surface area contributed by atoms with Crippen molar-refractivity contribution in [2.75, 3.05) is 0 Å². The Morgan fingerprint density at radius 2 is 1.96 bits per heavy atom. The van der Waals surface area contributed by atoms with Crippen molar-refractivity contribution in [1.29, 1.82) is 0 Å². The number of amides is 1. The molecule has 0 aliphatic carbocycles. The van der Waals surface area contributed by atoms with E-state index in [9.17, 15) is 14.9 Å². The molecular formula is C17H16N4O3. The van der Waals surface area contributed by atoms with Gasteiger partial charge in [0, 0.05) is 17.7 Å². The molecule has 0 saturated carbocycles. The minimum Gasteiger partial charge on any atom is -0.342 e. The lowest BCUT2D eigenvalue weighted by Crippen LogP contribution is -2.27. The Morgan fingerprint density at radius 1 is 1.25 bits per heavy atom. The number of rotatable bonds is 4. The Kier molecular flexibility index (Phi) is 3.99. The predicted octanol–water partition coefficient (Wildman–Crippen LogP) is 3.27. The van der Waals surface area contributed by atoms with Gasteiger partial charge >= 0.3 is 0 Å². The number of aromatic amines is 1. The van der Waals surface area contributed by atoms with Gasteiger partial charge < -0.3 is 10.3 Å². The van der Waals surface area contributed by atoms with Gasteiger partial charge in [0.25, 0.3) is 11.6 Å². The van der Waals surface area contributed by atoms with Gasteiger partial charge in [0.05, 0.1) is 22.0 Å². The van der Waals surface area contributed by atoms with Gasteiger partial charge in [-0.3, -0.25) is 14.9 Å². The lowest BCUT2D eigenvalue weighted by atomic mass is 10.2. The van der Waals surface area contributed by atoms with Crippen LogP contribution in [0, 0.1) is 17.0 Å². The number of fused-ring (bicyclic) bond motifs is 1. The summed E-state index contributed by atoms with van der Waals surface area (Å²) in [5.41, 5.74) is 3.19. The number of hydrogen-bond donors (Lipinski definition) is 2. The maximum Gasteiger partial charge on any atom is 0.269 e. The van der Waals surface area contributed by atoms with Crippen LogP contribution < -0.4 is 5.32 Å². The number of aryl methyl sites for hydroxylation is 1. The zero-order chi connectivity index (χ0) is 17.3. The lowest BCUT2D eigenvalue weighted by Gasteiger charge is -2.11. The summed E-state index contributed by atoms with van der Waals surface area (Å²) in [6.45, 7) is 3.83. The fourth-order valence-corrected chi connectivity index (χ4v) is 2.43. The first kappa shape index (κ1) is 15.7. The molecule has 0 saturated heterocycles. The van der Waals surface area contributed by atoms with Crippen LogP contribution in [-0.2, 0) is 0 Å². The summed E-state index contributed by atoms with van der Waals surface area (Å²) < 4.78 is 0. The van der Waals surface area contributed by atoms with E-state index in [0.29, 0.717) is 11.4 Å². The number of carbonyl (C=O) groups is 1. The highest BCUT2D eigenvalue weighted by Crippen LogP contribution is 2.18. The van der Waals surface area contributed by atoms with E-state index in [0.717, 1.165) is 16.6 Å². The molecule has 0 spiro atoms. The molecule has 7 heteroatoms. The molecule has 0 radical (unpaired) electrons. The van der Waals surface area contributed by atoms with Crippen molar-refractivity contribution in [2.45, 2.75) is 19.9 Å². The summed E-state index contributed by atoms with van der Waals surface area (Å²) in [6, 6.07) is 11.1. The van der Waals surface area contributed by atoms with Crippen molar-refractivity contribution in [3.05, 3.63) is 69.5 Å². The molecular weight excluding hydrogens is 308 g/mol. The van der Waals surface area contributed by atoms with Gasteiger partial charge in [-0.15, -0.1) is 0 Å². The number of nitrogens with zero attached hydrogens (tertiary/aromatic N) is 2. The fourth-order valence-electron chi connectivity index (χ4n) is 2.43. The van der Waals surface area contributed by atoms with E-state index < -0.39 is 4.92 Å². The van der Waals surface area contributed by atoms with Crippen LogP contribution in [0.4, 0.5) is 5.69 Å². The molecule has 1 aromatic heterocycles.